The summed E-state index contributed by atoms with van der Waals surface area (Å²) in [5, 5.41) is 3.56. The predicted molar refractivity (Wildman–Crippen MR) is 89.9 cm³/mol. The highest BCUT2D eigenvalue weighted by molar-refractivity contribution is 14.1. The summed E-state index contributed by atoms with van der Waals surface area (Å²) in [4.78, 5) is 0. The lowest BCUT2D eigenvalue weighted by molar-refractivity contribution is 0.340. The Labute approximate surface area is 132 Å². The zero-order valence-corrected chi connectivity index (χ0v) is 14.6. The fourth-order valence-corrected chi connectivity index (χ4v) is 4.09. The minimum absolute atomic E-state index is 0.507. The third kappa shape index (κ3) is 3.70. The molecule has 1 N–H and O–H groups in total. The molecule has 100 valence electrons. The number of hydrogen-bond donors (Lipinski definition) is 1. The van der Waals surface area contributed by atoms with Crippen LogP contribution in [0.4, 0.5) is 0 Å². The average molecular weight is 422 g/mol. The normalized spacial score (nSPS) is 19.5. The summed E-state index contributed by atoms with van der Waals surface area (Å²) in [6.07, 6.45) is 8.37. The molecule has 3 heteroatoms. The van der Waals surface area contributed by atoms with E-state index in [1.54, 1.807) is 0 Å². The molecule has 2 rings (SSSR count). The molecule has 1 aromatic carbocycles. The molecule has 1 aliphatic carbocycles. The molecule has 0 aromatic heterocycles. The van der Waals surface area contributed by atoms with E-state index in [0.29, 0.717) is 6.04 Å². The van der Waals surface area contributed by atoms with E-state index in [9.17, 15) is 0 Å². The second-order valence-electron chi connectivity index (χ2n) is 5.18. The summed E-state index contributed by atoms with van der Waals surface area (Å²) < 4.78 is 2.56. The first-order valence-electron chi connectivity index (χ1n) is 6.84. The van der Waals surface area contributed by atoms with Crippen LogP contribution in [0.25, 0.3) is 0 Å². The topological polar surface area (TPSA) is 12.0 Å². The quantitative estimate of drug-likeness (QED) is 0.516. The number of rotatable bonds is 3. The van der Waals surface area contributed by atoms with E-state index in [1.165, 1.54) is 52.1 Å². The zero-order valence-electron chi connectivity index (χ0n) is 10.9. The van der Waals surface area contributed by atoms with Crippen LogP contribution < -0.4 is 5.32 Å². The Morgan fingerprint density at radius 1 is 1.22 bits per heavy atom. The first-order valence-corrected chi connectivity index (χ1v) is 8.71. The van der Waals surface area contributed by atoms with Gasteiger partial charge in [0.1, 0.15) is 0 Å². The van der Waals surface area contributed by atoms with Crippen LogP contribution in [0.2, 0.25) is 0 Å². The Morgan fingerprint density at radius 2 is 1.89 bits per heavy atom. The van der Waals surface area contributed by atoms with Crippen molar-refractivity contribution in [3.8, 4) is 0 Å². The van der Waals surface area contributed by atoms with Gasteiger partial charge in [0.15, 0.2) is 0 Å². The van der Waals surface area contributed by atoms with Crippen LogP contribution in [0.3, 0.4) is 0 Å². The Morgan fingerprint density at radius 3 is 2.50 bits per heavy atom. The average Bonchev–Trinajstić information content (AvgIpc) is 2.64. The number of hydrogen-bond acceptors (Lipinski definition) is 1. The molecule has 0 heterocycles. The molecule has 1 atom stereocenters. The van der Waals surface area contributed by atoms with Gasteiger partial charge in [-0.25, -0.2) is 0 Å². The summed E-state index contributed by atoms with van der Waals surface area (Å²) in [5.74, 6) is 0.792. The second-order valence-corrected chi connectivity index (χ2v) is 7.26. The van der Waals surface area contributed by atoms with Crippen molar-refractivity contribution < 1.29 is 0 Å². The van der Waals surface area contributed by atoms with Crippen molar-refractivity contribution >= 4 is 38.5 Å². The lowest BCUT2D eigenvalue weighted by atomic mass is 9.87. The van der Waals surface area contributed by atoms with E-state index in [4.69, 9.17) is 0 Å². The molecule has 18 heavy (non-hydrogen) atoms. The Bertz CT molecular complexity index is 386. The van der Waals surface area contributed by atoms with E-state index in [1.807, 2.05) is 0 Å². The third-order valence-electron chi connectivity index (χ3n) is 3.98. The molecule has 0 aliphatic heterocycles. The molecule has 1 fully saturated rings. The highest BCUT2D eigenvalue weighted by atomic mass is 127. The molecular weight excluding hydrogens is 401 g/mol. The van der Waals surface area contributed by atoms with Gasteiger partial charge in [-0.3, -0.25) is 0 Å². The number of benzene rings is 1. The highest BCUT2D eigenvalue weighted by Crippen LogP contribution is 2.36. The summed E-state index contributed by atoms with van der Waals surface area (Å²) in [6.45, 7) is 0. The van der Waals surface area contributed by atoms with Crippen LogP contribution in [0.5, 0.6) is 0 Å². The molecule has 0 bridgehead atoms. The Hall–Kier alpha value is 0.390. The van der Waals surface area contributed by atoms with Gasteiger partial charge >= 0.3 is 0 Å². The maximum Gasteiger partial charge on any atom is 0.0357 e. The van der Waals surface area contributed by atoms with Crippen LogP contribution in [-0.4, -0.2) is 7.05 Å². The maximum absolute atomic E-state index is 3.60. The number of nitrogens with one attached hydrogen (secondary N) is 1. The van der Waals surface area contributed by atoms with Crippen LogP contribution in [0, 0.1) is 9.49 Å². The largest absolute Gasteiger partial charge is 0.313 e. The first kappa shape index (κ1) is 14.8. The van der Waals surface area contributed by atoms with Gasteiger partial charge in [0.25, 0.3) is 0 Å². The van der Waals surface area contributed by atoms with Crippen molar-refractivity contribution in [1.29, 1.82) is 0 Å². The smallest absolute Gasteiger partial charge is 0.0357 e. The Balaban J connectivity index is 2.23. The maximum atomic E-state index is 3.60. The number of halogens is 2. The molecular formula is C15H21BrIN. The molecule has 0 spiro atoms. The van der Waals surface area contributed by atoms with Crippen molar-refractivity contribution in [1.82, 2.24) is 5.32 Å². The van der Waals surface area contributed by atoms with Crippen LogP contribution in [-0.2, 0) is 0 Å². The third-order valence-corrected chi connectivity index (χ3v) is 5.45. The fraction of sp³-hybridized carbons (Fsp3) is 0.600. The lowest BCUT2D eigenvalue weighted by Gasteiger charge is -2.27. The van der Waals surface area contributed by atoms with Gasteiger partial charge in [-0.1, -0.05) is 41.6 Å². The molecule has 0 radical (unpaired) electrons. The van der Waals surface area contributed by atoms with Crippen molar-refractivity contribution in [2.24, 2.45) is 5.92 Å². The second kappa shape index (κ2) is 7.25. The van der Waals surface area contributed by atoms with Crippen molar-refractivity contribution in [2.75, 3.05) is 7.05 Å². The Kier molecular flexibility index (Phi) is 5.96. The van der Waals surface area contributed by atoms with E-state index in [-0.39, 0.29) is 0 Å². The molecule has 1 aromatic rings. The molecule has 1 aliphatic rings. The molecule has 0 saturated heterocycles. The lowest BCUT2D eigenvalue weighted by Crippen LogP contribution is -2.26. The van der Waals surface area contributed by atoms with Crippen molar-refractivity contribution in [2.45, 2.75) is 44.6 Å². The molecule has 1 saturated carbocycles. The van der Waals surface area contributed by atoms with Gasteiger partial charge in [0.05, 0.1) is 0 Å². The predicted octanol–water partition coefficient (Wildman–Crippen LogP) is 5.28. The molecule has 1 unspecified atom stereocenters. The van der Waals surface area contributed by atoms with E-state index in [2.05, 4.69) is 69.1 Å². The summed E-state index contributed by atoms with van der Waals surface area (Å²) in [6, 6.07) is 7.13. The van der Waals surface area contributed by atoms with E-state index >= 15 is 0 Å². The summed E-state index contributed by atoms with van der Waals surface area (Å²) in [7, 11) is 2.10. The van der Waals surface area contributed by atoms with Gasteiger partial charge in [-0.2, -0.15) is 0 Å². The minimum atomic E-state index is 0.507. The van der Waals surface area contributed by atoms with Crippen molar-refractivity contribution in [3.05, 3.63) is 31.8 Å². The fourth-order valence-electron chi connectivity index (χ4n) is 3.04. The summed E-state index contributed by atoms with van der Waals surface area (Å²) in [5.41, 5.74) is 1.46. The van der Waals surface area contributed by atoms with Gasteiger partial charge in [-0.05, 0) is 72.2 Å². The minimum Gasteiger partial charge on any atom is -0.313 e. The van der Waals surface area contributed by atoms with Gasteiger partial charge in [0.2, 0.25) is 0 Å². The van der Waals surface area contributed by atoms with Crippen LogP contribution >= 0.6 is 38.5 Å². The van der Waals surface area contributed by atoms with Gasteiger partial charge in [-0.15, -0.1) is 0 Å². The summed E-state index contributed by atoms with van der Waals surface area (Å²) >= 11 is 6.06. The van der Waals surface area contributed by atoms with Crippen molar-refractivity contribution in [3.63, 3.8) is 0 Å². The van der Waals surface area contributed by atoms with E-state index < -0.39 is 0 Å². The van der Waals surface area contributed by atoms with E-state index in [0.717, 1.165) is 5.92 Å². The first-order chi connectivity index (χ1) is 8.72. The van der Waals surface area contributed by atoms with Gasteiger partial charge < -0.3 is 5.32 Å². The van der Waals surface area contributed by atoms with Crippen LogP contribution in [0.1, 0.15) is 50.1 Å². The molecule has 1 nitrogen and oxygen atoms in total. The van der Waals surface area contributed by atoms with Crippen LogP contribution in [0.15, 0.2) is 22.7 Å². The monoisotopic (exact) mass is 421 g/mol. The standard InChI is InChI=1S/C15H21BrIN/c1-18-15(11-6-4-2-3-5-7-11)13-10-12(16)8-9-14(13)17/h8-11,15,18H,2-7H2,1H3. The SMILES string of the molecule is CNC(c1cc(Br)ccc1I)C1CCCCCC1. The zero-order chi connectivity index (χ0) is 13.0. The molecule has 0 amide bonds. The highest BCUT2D eigenvalue weighted by Gasteiger charge is 2.24. The van der Waals surface area contributed by atoms with Gasteiger partial charge in [0, 0.05) is 14.1 Å².